The summed E-state index contributed by atoms with van der Waals surface area (Å²) in [4.78, 5) is 32.7. The van der Waals surface area contributed by atoms with Gasteiger partial charge in [0.1, 0.15) is 0 Å². The molecule has 3 heterocycles. The normalized spacial score (nSPS) is 17.7. The van der Waals surface area contributed by atoms with E-state index < -0.39 is 0 Å². The van der Waals surface area contributed by atoms with Crippen molar-refractivity contribution in [2.75, 3.05) is 34.2 Å². The predicted octanol–water partition coefficient (Wildman–Crippen LogP) is 3.59. The number of aliphatic imine (C=N–C) groups is 1. The third kappa shape index (κ3) is 7.23. The Kier molecular flexibility index (Phi) is 9.55. The van der Waals surface area contributed by atoms with Crippen LogP contribution in [0.4, 0.5) is 0 Å². The minimum Gasteiger partial charge on any atom is -0.384 e. The Hall–Kier alpha value is -3.52. The maximum atomic E-state index is 12.6. The Morgan fingerprint density at radius 2 is 2.11 bits per heavy atom. The molecule has 1 aliphatic heterocycles. The Morgan fingerprint density at radius 1 is 1.29 bits per heavy atom. The van der Waals surface area contributed by atoms with Crippen molar-refractivity contribution in [1.82, 2.24) is 30.1 Å². The zero-order valence-electron chi connectivity index (χ0n) is 21.5. The van der Waals surface area contributed by atoms with Crippen LogP contribution in [0.5, 0.6) is 0 Å². The predicted molar refractivity (Wildman–Crippen MR) is 141 cm³/mol. The lowest BCUT2D eigenvalue weighted by atomic mass is 9.91. The highest BCUT2D eigenvalue weighted by Crippen LogP contribution is 2.31. The van der Waals surface area contributed by atoms with Gasteiger partial charge in [0.05, 0.1) is 41.6 Å². The fraction of sp³-hybridized carbons (Fsp3) is 0.407. The number of likely N-dealkylation sites (N-methyl/N-ethyl adjacent to an activating group) is 1. The second-order valence-electron chi connectivity index (χ2n) is 9.00. The number of fused-ring (bicyclic) bond motifs is 1. The van der Waals surface area contributed by atoms with Crippen molar-refractivity contribution in [2.45, 2.75) is 39.2 Å². The van der Waals surface area contributed by atoms with Gasteiger partial charge in [0.2, 0.25) is 0 Å². The molecule has 8 nitrogen and oxygen atoms in total. The van der Waals surface area contributed by atoms with Crippen molar-refractivity contribution in [1.29, 1.82) is 0 Å². The van der Waals surface area contributed by atoms with Crippen LogP contribution < -0.4 is 5.32 Å². The first-order valence-electron chi connectivity index (χ1n) is 12.0. The molecular weight excluding hydrogens is 438 g/mol. The SMILES string of the molecule is C/C=C\C=C(\C(=O)N(C)C)C1=CNCC(CN(C)C2CCCc3cccnc32)=N1.Cc1cnc[nH]1. The average molecular weight is 476 g/mol. The molecule has 2 aliphatic rings. The number of rotatable bonds is 6. The molecule has 1 unspecified atom stereocenters. The molecule has 2 aromatic rings. The van der Waals surface area contributed by atoms with E-state index in [0.717, 1.165) is 30.8 Å². The number of carbonyl (C=O) groups excluding carboxylic acids is 1. The van der Waals surface area contributed by atoms with E-state index in [9.17, 15) is 4.79 Å². The fourth-order valence-corrected chi connectivity index (χ4v) is 4.17. The first-order chi connectivity index (χ1) is 16.9. The highest BCUT2D eigenvalue weighted by Gasteiger charge is 2.26. The number of nitrogens with one attached hydrogen (secondary N) is 2. The van der Waals surface area contributed by atoms with Crippen LogP contribution in [0.3, 0.4) is 0 Å². The van der Waals surface area contributed by atoms with Crippen molar-refractivity contribution >= 4 is 11.6 Å². The Bertz CT molecular complexity index is 1100. The molecule has 1 atom stereocenters. The summed E-state index contributed by atoms with van der Waals surface area (Å²) in [5.74, 6) is -0.0556. The summed E-state index contributed by atoms with van der Waals surface area (Å²) in [7, 11) is 5.65. The minimum atomic E-state index is -0.0556. The van der Waals surface area contributed by atoms with Crippen LogP contribution >= 0.6 is 0 Å². The molecule has 0 fully saturated rings. The average Bonchev–Trinajstić information content (AvgIpc) is 3.35. The largest absolute Gasteiger partial charge is 0.384 e. The van der Waals surface area contributed by atoms with E-state index in [4.69, 9.17) is 4.99 Å². The molecule has 1 amide bonds. The number of pyridine rings is 1. The molecule has 0 radical (unpaired) electrons. The Balaban J connectivity index is 0.000000497. The molecule has 1 aliphatic carbocycles. The number of allylic oxidation sites excluding steroid dienone is 3. The molecule has 2 aromatic heterocycles. The highest BCUT2D eigenvalue weighted by atomic mass is 16.2. The first kappa shape index (κ1) is 26.1. The third-order valence-corrected chi connectivity index (χ3v) is 5.96. The zero-order valence-corrected chi connectivity index (χ0v) is 21.5. The van der Waals surface area contributed by atoms with E-state index >= 15 is 0 Å². The van der Waals surface area contributed by atoms with Gasteiger partial charge >= 0.3 is 0 Å². The van der Waals surface area contributed by atoms with Gasteiger partial charge in [0, 0.05) is 44.9 Å². The lowest BCUT2D eigenvalue weighted by Gasteiger charge is -2.33. The molecule has 0 bridgehead atoms. The van der Waals surface area contributed by atoms with Crippen molar-refractivity contribution in [3.8, 4) is 0 Å². The molecule has 0 aromatic carbocycles. The van der Waals surface area contributed by atoms with Crippen LogP contribution in [0.15, 0.2) is 71.5 Å². The smallest absolute Gasteiger partial charge is 0.255 e. The van der Waals surface area contributed by atoms with Gasteiger partial charge in [-0.25, -0.2) is 4.98 Å². The lowest BCUT2D eigenvalue weighted by molar-refractivity contribution is -0.124. The molecule has 2 N–H and O–H groups in total. The quantitative estimate of drug-likeness (QED) is 0.492. The van der Waals surface area contributed by atoms with Gasteiger partial charge in [-0.15, -0.1) is 0 Å². The molecule has 35 heavy (non-hydrogen) atoms. The van der Waals surface area contributed by atoms with Crippen molar-refractivity contribution in [3.05, 3.63) is 83.5 Å². The number of H-pyrrole nitrogens is 1. The topological polar surface area (TPSA) is 89.5 Å². The second-order valence-corrected chi connectivity index (χ2v) is 9.00. The van der Waals surface area contributed by atoms with Crippen LogP contribution in [0, 0.1) is 6.92 Å². The van der Waals surface area contributed by atoms with Crippen LogP contribution in [0.1, 0.15) is 42.8 Å². The lowest BCUT2D eigenvalue weighted by Crippen LogP contribution is -2.37. The van der Waals surface area contributed by atoms with E-state index in [-0.39, 0.29) is 5.91 Å². The van der Waals surface area contributed by atoms with Gasteiger partial charge in [-0.05, 0) is 57.9 Å². The second kappa shape index (κ2) is 12.8. The molecule has 0 saturated heterocycles. The summed E-state index contributed by atoms with van der Waals surface area (Å²) < 4.78 is 0. The van der Waals surface area contributed by atoms with E-state index in [1.807, 2.05) is 50.5 Å². The van der Waals surface area contributed by atoms with Gasteiger partial charge in [-0.1, -0.05) is 18.2 Å². The van der Waals surface area contributed by atoms with E-state index in [1.54, 1.807) is 31.5 Å². The first-order valence-corrected chi connectivity index (χ1v) is 12.0. The van der Waals surface area contributed by atoms with Gasteiger partial charge in [-0.3, -0.25) is 19.7 Å². The van der Waals surface area contributed by atoms with Crippen molar-refractivity contribution in [3.63, 3.8) is 0 Å². The number of hydrogen-bond acceptors (Lipinski definition) is 6. The molecule has 186 valence electrons. The summed E-state index contributed by atoms with van der Waals surface area (Å²) in [5, 5.41) is 3.29. The number of aryl methyl sites for hydroxylation is 2. The zero-order chi connectivity index (χ0) is 25.2. The maximum absolute atomic E-state index is 12.6. The Labute approximate surface area is 208 Å². The number of aromatic amines is 1. The number of nitrogens with zero attached hydrogens (tertiary/aromatic N) is 5. The molecular formula is C27H37N7O. The number of amides is 1. The van der Waals surface area contributed by atoms with E-state index in [2.05, 4.69) is 38.3 Å². The molecule has 4 rings (SSSR count). The van der Waals surface area contributed by atoms with Crippen molar-refractivity contribution in [2.24, 2.45) is 4.99 Å². The van der Waals surface area contributed by atoms with Crippen molar-refractivity contribution < 1.29 is 4.79 Å². The molecule has 0 saturated carbocycles. The maximum Gasteiger partial charge on any atom is 0.255 e. The highest BCUT2D eigenvalue weighted by molar-refractivity contribution is 6.00. The van der Waals surface area contributed by atoms with Gasteiger partial charge in [0.25, 0.3) is 5.91 Å². The molecule has 0 spiro atoms. The van der Waals surface area contributed by atoms with Crippen LogP contribution in [-0.4, -0.2) is 70.6 Å². The standard InChI is InChI=1S/C23H31N5O.C4H6N2/c1-5-6-11-19(23(29)27(2)3)20-15-24-14-18(26-20)16-28(4)21-12-7-9-17-10-8-13-25-22(17)21;1-4-2-5-3-6-4/h5-6,8,10-11,13,15,21,24H,7,9,12,14,16H2,1-4H3;2-3H,1H3,(H,5,6)/b6-5-,19-11+;. The number of imidazole rings is 1. The summed E-state index contributed by atoms with van der Waals surface area (Å²) >= 11 is 0. The number of aromatic nitrogens is 3. The number of hydrogen-bond donors (Lipinski definition) is 2. The van der Waals surface area contributed by atoms with Crippen LogP contribution in [0.2, 0.25) is 0 Å². The summed E-state index contributed by atoms with van der Waals surface area (Å²) in [6, 6.07) is 4.51. The van der Waals surface area contributed by atoms with Crippen LogP contribution in [-0.2, 0) is 11.2 Å². The van der Waals surface area contributed by atoms with Gasteiger partial charge in [0.15, 0.2) is 0 Å². The van der Waals surface area contributed by atoms with Gasteiger partial charge < -0.3 is 15.2 Å². The number of carbonyl (C=O) groups is 1. The third-order valence-electron chi connectivity index (χ3n) is 5.96. The van der Waals surface area contributed by atoms with Crippen LogP contribution in [0.25, 0.3) is 0 Å². The van der Waals surface area contributed by atoms with E-state index in [0.29, 0.717) is 23.9 Å². The Morgan fingerprint density at radius 3 is 2.77 bits per heavy atom. The van der Waals surface area contributed by atoms with E-state index in [1.165, 1.54) is 17.7 Å². The minimum absolute atomic E-state index is 0.0556. The monoisotopic (exact) mass is 475 g/mol. The summed E-state index contributed by atoms with van der Waals surface area (Å²) in [6.07, 6.45) is 16.2. The summed E-state index contributed by atoms with van der Waals surface area (Å²) in [6.45, 7) is 5.31. The molecule has 8 heteroatoms. The summed E-state index contributed by atoms with van der Waals surface area (Å²) in [5.41, 5.74) is 5.94. The van der Waals surface area contributed by atoms with Gasteiger partial charge in [-0.2, -0.15) is 0 Å². The fourth-order valence-electron chi connectivity index (χ4n) is 4.17.